The highest BCUT2D eigenvalue weighted by Crippen LogP contribution is 2.30. The fourth-order valence-electron chi connectivity index (χ4n) is 3.51. The number of benzene rings is 2. The number of carbonyl (C=O) groups is 1. The maximum absolute atomic E-state index is 12.6. The summed E-state index contributed by atoms with van der Waals surface area (Å²) >= 11 is 6.17. The van der Waals surface area contributed by atoms with Crippen LogP contribution in [0.2, 0.25) is 5.02 Å². The van der Waals surface area contributed by atoms with Gasteiger partial charge in [0.1, 0.15) is 5.58 Å². The summed E-state index contributed by atoms with van der Waals surface area (Å²) in [6, 6.07) is 10.6. The summed E-state index contributed by atoms with van der Waals surface area (Å²) in [4.78, 5) is 25.7. The molecule has 2 heterocycles. The molecule has 1 aliphatic rings. The molecule has 1 unspecified atom stereocenters. The topological polar surface area (TPSA) is 70.8 Å². The van der Waals surface area contributed by atoms with E-state index in [2.05, 4.69) is 4.90 Å². The summed E-state index contributed by atoms with van der Waals surface area (Å²) in [7, 11) is 0. The van der Waals surface area contributed by atoms with Crippen molar-refractivity contribution in [1.29, 1.82) is 0 Å². The van der Waals surface area contributed by atoms with E-state index in [0.29, 0.717) is 33.5 Å². The number of fused-ring (bicyclic) bond motifs is 2. The van der Waals surface area contributed by atoms with Crippen molar-refractivity contribution < 1.29 is 14.3 Å². The van der Waals surface area contributed by atoms with Crippen LogP contribution in [0.3, 0.4) is 0 Å². The minimum atomic E-state index is -0.766. The third-order valence-corrected chi connectivity index (χ3v) is 5.05. The van der Waals surface area contributed by atoms with E-state index in [-0.39, 0.29) is 17.8 Å². The van der Waals surface area contributed by atoms with Crippen LogP contribution in [-0.4, -0.2) is 24.2 Å². The number of aliphatic carboxylic acids is 1. The number of para-hydroxylation sites is 1. The molecule has 1 saturated heterocycles. The summed E-state index contributed by atoms with van der Waals surface area (Å²) in [6.45, 7) is 1.48. The zero-order valence-corrected chi connectivity index (χ0v) is 14.1. The van der Waals surface area contributed by atoms with Crippen molar-refractivity contribution >= 4 is 45.2 Å². The lowest BCUT2D eigenvalue weighted by atomic mass is 10.1. The van der Waals surface area contributed by atoms with Crippen molar-refractivity contribution in [3.05, 3.63) is 51.6 Å². The van der Waals surface area contributed by atoms with Crippen LogP contribution in [-0.2, 0) is 4.79 Å². The van der Waals surface area contributed by atoms with Crippen LogP contribution in [0.15, 0.2) is 45.6 Å². The number of halogens is 1. The number of hydrogen-bond acceptors (Lipinski definition) is 4. The molecule has 0 amide bonds. The van der Waals surface area contributed by atoms with Crippen molar-refractivity contribution in [3.8, 4) is 0 Å². The lowest BCUT2D eigenvalue weighted by Crippen LogP contribution is -2.20. The van der Waals surface area contributed by atoms with Crippen LogP contribution < -0.4 is 10.3 Å². The third kappa shape index (κ3) is 2.85. The van der Waals surface area contributed by atoms with Gasteiger partial charge >= 0.3 is 5.97 Å². The van der Waals surface area contributed by atoms with Gasteiger partial charge in [0, 0.05) is 31.3 Å². The highest BCUT2D eigenvalue weighted by atomic mass is 35.5. The molecular formula is C19H16ClNO4. The second-order valence-electron chi connectivity index (χ2n) is 6.43. The first-order valence-electron chi connectivity index (χ1n) is 8.15. The van der Waals surface area contributed by atoms with Gasteiger partial charge in [-0.05, 0) is 36.6 Å². The van der Waals surface area contributed by atoms with E-state index in [4.69, 9.17) is 21.1 Å². The van der Waals surface area contributed by atoms with Gasteiger partial charge in [0.2, 0.25) is 5.43 Å². The Kier molecular flexibility index (Phi) is 3.88. The predicted octanol–water partition coefficient (Wildman–Crippen LogP) is 3.90. The normalized spacial score (nSPS) is 17.5. The molecule has 1 fully saturated rings. The standard InChI is InChI=1S/C19H16ClNO4/c20-15-3-1-2-14-18(24)13-5-4-12(9-16(13)25-19(14)15)21-7-6-11(10-21)8-17(22)23/h1-5,9,11H,6-8,10H2,(H,22,23). The first-order chi connectivity index (χ1) is 12.0. The largest absolute Gasteiger partial charge is 0.481 e. The summed E-state index contributed by atoms with van der Waals surface area (Å²) in [5, 5.41) is 10.3. The van der Waals surface area contributed by atoms with Gasteiger partial charge in [0.15, 0.2) is 5.58 Å². The molecule has 0 bridgehead atoms. The van der Waals surface area contributed by atoms with Crippen LogP contribution in [0.1, 0.15) is 12.8 Å². The zero-order chi connectivity index (χ0) is 17.6. The summed E-state index contributed by atoms with van der Waals surface area (Å²) in [5.41, 5.74) is 1.71. The average molecular weight is 358 g/mol. The molecule has 0 aliphatic carbocycles. The van der Waals surface area contributed by atoms with E-state index in [0.717, 1.165) is 18.7 Å². The van der Waals surface area contributed by atoms with Crippen LogP contribution in [0.4, 0.5) is 5.69 Å². The van der Waals surface area contributed by atoms with Gasteiger partial charge in [-0.3, -0.25) is 9.59 Å². The zero-order valence-electron chi connectivity index (χ0n) is 13.4. The molecule has 1 atom stereocenters. The van der Waals surface area contributed by atoms with Gasteiger partial charge < -0.3 is 14.4 Å². The van der Waals surface area contributed by atoms with E-state index >= 15 is 0 Å². The Morgan fingerprint density at radius 2 is 2.12 bits per heavy atom. The Balaban J connectivity index is 1.76. The number of rotatable bonds is 3. The highest BCUT2D eigenvalue weighted by molar-refractivity contribution is 6.34. The Morgan fingerprint density at radius 3 is 2.92 bits per heavy atom. The Bertz CT molecular complexity index is 1040. The van der Waals surface area contributed by atoms with Gasteiger partial charge in [0.05, 0.1) is 15.8 Å². The lowest BCUT2D eigenvalue weighted by molar-refractivity contribution is -0.137. The van der Waals surface area contributed by atoms with Gasteiger partial charge in [-0.2, -0.15) is 0 Å². The average Bonchev–Trinajstić information content (AvgIpc) is 3.03. The first kappa shape index (κ1) is 16.0. The monoisotopic (exact) mass is 357 g/mol. The molecule has 0 spiro atoms. The van der Waals surface area contributed by atoms with Crippen molar-refractivity contribution in [3.63, 3.8) is 0 Å². The highest BCUT2D eigenvalue weighted by Gasteiger charge is 2.25. The van der Waals surface area contributed by atoms with E-state index in [9.17, 15) is 9.59 Å². The number of anilines is 1. The van der Waals surface area contributed by atoms with Gasteiger partial charge in [-0.15, -0.1) is 0 Å². The molecule has 4 rings (SSSR count). The van der Waals surface area contributed by atoms with Crippen molar-refractivity contribution in [2.24, 2.45) is 5.92 Å². The molecule has 128 valence electrons. The van der Waals surface area contributed by atoms with E-state index < -0.39 is 5.97 Å². The van der Waals surface area contributed by atoms with E-state index in [1.807, 2.05) is 12.1 Å². The third-order valence-electron chi connectivity index (χ3n) is 4.75. The quantitative estimate of drug-likeness (QED) is 0.720. The second-order valence-corrected chi connectivity index (χ2v) is 6.83. The molecular weight excluding hydrogens is 342 g/mol. The lowest BCUT2D eigenvalue weighted by Gasteiger charge is -2.18. The molecule has 5 nitrogen and oxygen atoms in total. The van der Waals surface area contributed by atoms with E-state index in [1.54, 1.807) is 24.3 Å². The molecule has 1 aromatic heterocycles. The van der Waals surface area contributed by atoms with Gasteiger partial charge in [-0.25, -0.2) is 0 Å². The number of carboxylic acid groups (broad SMARTS) is 1. The van der Waals surface area contributed by atoms with Crippen molar-refractivity contribution in [2.75, 3.05) is 18.0 Å². The molecule has 0 radical (unpaired) electrons. The fraction of sp³-hybridized carbons (Fsp3) is 0.263. The molecule has 2 aromatic carbocycles. The first-order valence-corrected chi connectivity index (χ1v) is 8.52. The fourth-order valence-corrected chi connectivity index (χ4v) is 3.72. The summed E-state index contributed by atoms with van der Waals surface area (Å²) < 4.78 is 5.90. The summed E-state index contributed by atoms with van der Waals surface area (Å²) in [5.74, 6) is -0.622. The number of nitrogens with zero attached hydrogens (tertiary/aromatic N) is 1. The maximum atomic E-state index is 12.6. The molecule has 6 heteroatoms. The predicted molar refractivity (Wildman–Crippen MR) is 97.6 cm³/mol. The van der Waals surface area contributed by atoms with Crippen LogP contribution in [0, 0.1) is 5.92 Å². The van der Waals surface area contributed by atoms with Crippen molar-refractivity contribution in [1.82, 2.24) is 0 Å². The van der Waals surface area contributed by atoms with Crippen molar-refractivity contribution in [2.45, 2.75) is 12.8 Å². The minimum Gasteiger partial charge on any atom is -0.481 e. The second kappa shape index (κ2) is 6.08. The van der Waals surface area contributed by atoms with Gasteiger partial charge in [-0.1, -0.05) is 17.7 Å². The Hall–Kier alpha value is -2.53. The molecule has 25 heavy (non-hydrogen) atoms. The Morgan fingerprint density at radius 1 is 1.28 bits per heavy atom. The summed E-state index contributed by atoms with van der Waals surface area (Å²) in [6.07, 6.45) is 1.03. The van der Waals surface area contributed by atoms with Gasteiger partial charge in [0.25, 0.3) is 0 Å². The smallest absolute Gasteiger partial charge is 0.303 e. The SMILES string of the molecule is O=C(O)CC1CCN(c2ccc3c(=O)c4cccc(Cl)c4oc3c2)C1. The van der Waals surface area contributed by atoms with Crippen LogP contribution >= 0.6 is 11.6 Å². The molecule has 1 aliphatic heterocycles. The molecule has 0 saturated carbocycles. The maximum Gasteiger partial charge on any atom is 0.303 e. The van der Waals surface area contributed by atoms with E-state index in [1.165, 1.54) is 0 Å². The minimum absolute atomic E-state index is 0.101. The molecule has 3 aromatic rings. The number of carboxylic acids is 1. The molecule has 1 N–H and O–H groups in total. The van der Waals surface area contributed by atoms with Crippen LogP contribution in [0.25, 0.3) is 21.9 Å². The van der Waals surface area contributed by atoms with Crippen LogP contribution in [0.5, 0.6) is 0 Å². The number of hydrogen-bond donors (Lipinski definition) is 1. The Labute approximate surface area is 148 Å².